The number of nitrogens with one attached hydrogen (secondary N) is 1. The topological polar surface area (TPSA) is 81.2 Å². The van der Waals surface area contributed by atoms with Crippen molar-refractivity contribution < 1.29 is 13.8 Å². The van der Waals surface area contributed by atoms with Crippen LogP contribution in [-0.2, 0) is 0 Å². The van der Waals surface area contributed by atoms with Crippen LogP contribution in [-0.4, -0.2) is 16.2 Å². The van der Waals surface area contributed by atoms with Gasteiger partial charge >= 0.3 is 0 Å². The summed E-state index contributed by atoms with van der Waals surface area (Å²) in [6, 6.07) is 11.0. The van der Waals surface area contributed by atoms with Crippen LogP contribution in [0.2, 0.25) is 0 Å². The normalized spacial score (nSPS) is 10.3. The van der Waals surface area contributed by atoms with Crippen molar-refractivity contribution in [2.45, 2.75) is 0 Å². The van der Waals surface area contributed by atoms with Gasteiger partial charge in [-0.1, -0.05) is 40.6 Å². The van der Waals surface area contributed by atoms with Crippen molar-refractivity contribution in [1.82, 2.24) is 10.3 Å². The molecular weight excluding hydrogens is 246 g/mol. The molecule has 0 saturated heterocycles. The van der Waals surface area contributed by atoms with E-state index in [0.717, 1.165) is 5.56 Å². The van der Waals surface area contributed by atoms with Crippen LogP contribution in [0.5, 0.6) is 0 Å². The Hall–Kier alpha value is -2.89. The van der Waals surface area contributed by atoms with Gasteiger partial charge in [-0.3, -0.25) is 4.79 Å². The number of nitrogens with zero attached hydrogens (tertiary/aromatic N) is 2. The average Bonchev–Trinajstić information content (AvgIpc) is 3.10. The van der Waals surface area contributed by atoms with E-state index in [0.29, 0.717) is 11.4 Å². The van der Waals surface area contributed by atoms with Crippen molar-refractivity contribution in [3.63, 3.8) is 0 Å². The third kappa shape index (κ3) is 2.37. The minimum Gasteiger partial charge on any atom is -0.363 e. The maximum absolute atomic E-state index is 11.9. The summed E-state index contributed by atoms with van der Waals surface area (Å²) in [6.07, 6.45) is 2.73. The summed E-state index contributed by atoms with van der Waals surface area (Å²) in [4.78, 5) is 11.9. The summed E-state index contributed by atoms with van der Waals surface area (Å²) in [5, 5.41) is 9.81. The lowest BCUT2D eigenvalue weighted by Crippen LogP contribution is -2.11. The van der Waals surface area contributed by atoms with Gasteiger partial charge in [0.1, 0.15) is 12.0 Å². The molecule has 0 spiro atoms. The van der Waals surface area contributed by atoms with Gasteiger partial charge in [0.2, 0.25) is 0 Å². The molecule has 2 heterocycles. The molecule has 0 unspecified atom stereocenters. The molecule has 3 aromatic rings. The van der Waals surface area contributed by atoms with Gasteiger partial charge in [0, 0.05) is 11.6 Å². The van der Waals surface area contributed by atoms with Crippen molar-refractivity contribution in [3.05, 3.63) is 54.6 Å². The first-order chi connectivity index (χ1) is 9.33. The highest BCUT2D eigenvalue weighted by Crippen LogP contribution is 2.20. The van der Waals surface area contributed by atoms with Crippen LogP contribution < -0.4 is 5.32 Å². The van der Waals surface area contributed by atoms with Gasteiger partial charge in [-0.25, -0.2) is 0 Å². The molecule has 1 N–H and O–H groups in total. The third-order valence-corrected chi connectivity index (χ3v) is 2.49. The van der Waals surface area contributed by atoms with E-state index in [-0.39, 0.29) is 11.6 Å². The van der Waals surface area contributed by atoms with Crippen LogP contribution in [0.25, 0.3) is 11.3 Å². The smallest absolute Gasteiger partial charge is 0.277 e. The fourth-order valence-corrected chi connectivity index (χ4v) is 1.58. The predicted molar refractivity (Wildman–Crippen MR) is 66.4 cm³/mol. The second-order valence-electron chi connectivity index (χ2n) is 3.81. The highest BCUT2D eigenvalue weighted by Gasteiger charge is 2.14. The van der Waals surface area contributed by atoms with Gasteiger partial charge in [-0.05, 0) is 0 Å². The van der Waals surface area contributed by atoms with E-state index in [1.54, 1.807) is 6.07 Å². The monoisotopic (exact) mass is 255 g/mol. The van der Waals surface area contributed by atoms with E-state index >= 15 is 0 Å². The molecular formula is C13H9N3O3. The molecule has 2 aromatic heterocycles. The number of hydrogen-bond donors (Lipinski definition) is 1. The molecule has 0 radical (unpaired) electrons. The summed E-state index contributed by atoms with van der Waals surface area (Å²) in [7, 11) is 0. The molecule has 3 rings (SSSR count). The van der Waals surface area contributed by atoms with Crippen molar-refractivity contribution in [2.75, 3.05) is 5.32 Å². The summed E-state index contributed by atoms with van der Waals surface area (Å²) < 4.78 is 9.76. The second kappa shape index (κ2) is 4.77. The van der Waals surface area contributed by atoms with Crippen LogP contribution in [0.15, 0.2) is 57.9 Å². The number of amides is 1. The average molecular weight is 255 g/mol. The predicted octanol–water partition coefficient (Wildman–Crippen LogP) is 2.58. The van der Waals surface area contributed by atoms with E-state index in [2.05, 4.69) is 20.2 Å². The zero-order chi connectivity index (χ0) is 13.1. The summed E-state index contributed by atoms with van der Waals surface area (Å²) in [6.45, 7) is 0. The van der Waals surface area contributed by atoms with E-state index in [9.17, 15) is 4.79 Å². The first kappa shape index (κ1) is 11.2. The summed E-state index contributed by atoms with van der Waals surface area (Å²) >= 11 is 0. The second-order valence-corrected chi connectivity index (χ2v) is 3.81. The van der Waals surface area contributed by atoms with Gasteiger partial charge in [0.05, 0.1) is 6.20 Å². The van der Waals surface area contributed by atoms with Crippen molar-refractivity contribution in [2.24, 2.45) is 0 Å². The third-order valence-electron chi connectivity index (χ3n) is 2.49. The van der Waals surface area contributed by atoms with Gasteiger partial charge in [-0.2, -0.15) is 0 Å². The molecule has 0 aliphatic rings. The Morgan fingerprint density at radius 2 is 2.05 bits per heavy atom. The summed E-state index contributed by atoms with van der Waals surface area (Å²) in [5.74, 6) is 0.158. The SMILES string of the molecule is O=C(Nc1cnoc1)c1cc(-c2ccccc2)on1. The molecule has 0 aliphatic carbocycles. The van der Waals surface area contributed by atoms with Crippen LogP contribution in [0, 0.1) is 0 Å². The molecule has 0 atom stereocenters. The lowest BCUT2D eigenvalue weighted by molar-refractivity contribution is 0.101. The zero-order valence-electron chi connectivity index (χ0n) is 9.74. The largest absolute Gasteiger partial charge is 0.363 e. The Bertz CT molecular complexity index is 674. The summed E-state index contributed by atoms with van der Waals surface area (Å²) in [5.41, 5.74) is 1.52. The standard InChI is InChI=1S/C13H9N3O3/c17-13(15-10-7-14-18-8-10)11-6-12(19-16-11)9-4-2-1-3-5-9/h1-8H,(H,15,17). The fourth-order valence-electron chi connectivity index (χ4n) is 1.58. The maximum Gasteiger partial charge on any atom is 0.277 e. The Morgan fingerprint density at radius 1 is 1.21 bits per heavy atom. The van der Waals surface area contributed by atoms with Gasteiger partial charge in [-0.15, -0.1) is 0 Å². The first-order valence-electron chi connectivity index (χ1n) is 5.56. The number of carbonyl (C=O) groups excluding carboxylic acids is 1. The Balaban J connectivity index is 1.80. The molecule has 0 fully saturated rings. The van der Waals surface area contributed by atoms with E-state index in [4.69, 9.17) is 4.52 Å². The zero-order valence-corrected chi connectivity index (χ0v) is 9.74. The Kier molecular flexibility index (Phi) is 2.82. The number of rotatable bonds is 3. The Morgan fingerprint density at radius 3 is 2.79 bits per heavy atom. The van der Waals surface area contributed by atoms with E-state index < -0.39 is 0 Å². The minimum absolute atomic E-state index is 0.194. The number of aromatic nitrogens is 2. The van der Waals surface area contributed by atoms with E-state index in [1.165, 1.54) is 12.5 Å². The quantitative estimate of drug-likeness (QED) is 0.777. The fraction of sp³-hybridized carbons (Fsp3) is 0. The van der Waals surface area contributed by atoms with E-state index in [1.807, 2.05) is 30.3 Å². The van der Waals surface area contributed by atoms with Crippen LogP contribution in [0.3, 0.4) is 0 Å². The molecule has 0 bridgehead atoms. The van der Waals surface area contributed by atoms with Gasteiger partial charge in [0.15, 0.2) is 11.5 Å². The lowest BCUT2D eigenvalue weighted by atomic mass is 10.1. The number of hydrogen-bond acceptors (Lipinski definition) is 5. The van der Waals surface area contributed by atoms with Gasteiger partial charge in [0.25, 0.3) is 5.91 Å². The first-order valence-corrected chi connectivity index (χ1v) is 5.56. The van der Waals surface area contributed by atoms with Crippen LogP contribution >= 0.6 is 0 Å². The Labute approximate surface area is 108 Å². The molecule has 19 heavy (non-hydrogen) atoms. The molecule has 6 heteroatoms. The van der Waals surface area contributed by atoms with Gasteiger partial charge < -0.3 is 14.4 Å². The molecule has 0 aliphatic heterocycles. The number of benzene rings is 1. The highest BCUT2D eigenvalue weighted by molar-refractivity contribution is 6.03. The number of anilines is 1. The van der Waals surface area contributed by atoms with Crippen molar-refractivity contribution in [1.29, 1.82) is 0 Å². The molecule has 1 amide bonds. The molecule has 94 valence electrons. The minimum atomic E-state index is -0.380. The maximum atomic E-state index is 11.9. The molecule has 1 aromatic carbocycles. The van der Waals surface area contributed by atoms with Crippen molar-refractivity contribution >= 4 is 11.6 Å². The number of carbonyl (C=O) groups is 1. The van der Waals surface area contributed by atoms with Crippen LogP contribution in [0.4, 0.5) is 5.69 Å². The molecule has 0 saturated carbocycles. The lowest BCUT2D eigenvalue weighted by Gasteiger charge is -1.95. The molecule has 6 nitrogen and oxygen atoms in total. The highest BCUT2D eigenvalue weighted by atomic mass is 16.5. The van der Waals surface area contributed by atoms with Crippen molar-refractivity contribution in [3.8, 4) is 11.3 Å². The van der Waals surface area contributed by atoms with Crippen LogP contribution in [0.1, 0.15) is 10.5 Å².